The van der Waals surface area contributed by atoms with E-state index >= 15 is 0 Å². The van der Waals surface area contributed by atoms with Crippen LogP contribution in [0.15, 0.2) is 84.9 Å². The van der Waals surface area contributed by atoms with Crippen molar-refractivity contribution in [3.8, 4) is 0 Å². The number of carbonyl (C=O) groups excluding carboxylic acids is 4. The van der Waals surface area contributed by atoms with Gasteiger partial charge in [-0.1, -0.05) is 66.7 Å². The van der Waals surface area contributed by atoms with Crippen molar-refractivity contribution >= 4 is 34.9 Å². The third-order valence-corrected chi connectivity index (χ3v) is 5.29. The largest absolute Gasteiger partial charge is 0.469 e. The summed E-state index contributed by atoms with van der Waals surface area (Å²) in [7, 11) is 1.20. The van der Waals surface area contributed by atoms with Crippen molar-refractivity contribution in [1.29, 1.82) is 0 Å². The van der Waals surface area contributed by atoms with Gasteiger partial charge in [-0.3, -0.25) is 30.0 Å². The van der Waals surface area contributed by atoms with Crippen molar-refractivity contribution < 1.29 is 23.9 Å². The SMILES string of the molecule is COC(=O)CC(=O)NNc1cccc(NC(=O)C(C)(C(=O)c2ccccc2)c2ccccc2)c1. The van der Waals surface area contributed by atoms with Crippen LogP contribution in [0.1, 0.15) is 29.3 Å². The van der Waals surface area contributed by atoms with Crippen LogP contribution in [0.4, 0.5) is 11.4 Å². The van der Waals surface area contributed by atoms with Gasteiger partial charge >= 0.3 is 5.97 Å². The Bertz CT molecular complexity index is 1180. The number of hydrogen-bond donors (Lipinski definition) is 3. The quantitative estimate of drug-likeness (QED) is 0.195. The summed E-state index contributed by atoms with van der Waals surface area (Å²) in [5, 5.41) is 2.81. The number of esters is 1. The summed E-state index contributed by atoms with van der Waals surface area (Å²) in [6.07, 6.45) is -0.434. The summed E-state index contributed by atoms with van der Waals surface area (Å²) in [5.41, 5.74) is 5.45. The molecule has 3 aromatic carbocycles. The first-order chi connectivity index (χ1) is 16.3. The van der Waals surface area contributed by atoms with Gasteiger partial charge in [0.1, 0.15) is 11.8 Å². The molecule has 174 valence electrons. The van der Waals surface area contributed by atoms with E-state index in [0.717, 1.165) is 0 Å². The summed E-state index contributed by atoms with van der Waals surface area (Å²) in [6, 6.07) is 24.1. The molecule has 2 amide bonds. The Balaban J connectivity index is 1.81. The average molecular weight is 460 g/mol. The maximum Gasteiger partial charge on any atom is 0.315 e. The summed E-state index contributed by atoms with van der Waals surface area (Å²) in [5.74, 6) is -2.07. The molecule has 0 fully saturated rings. The zero-order chi connectivity index (χ0) is 24.6. The number of carbonyl (C=O) groups is 4. The molecule has 0 spiro atoms. The van der Waals surface area contributed by atoms with E-state index in [1.54, 1.807) is 85.8 Å². The van der Waals surface area contributed by atoms with Crippen LogP contribution in [0.5, 0.6) is 0 Å². The lowest BCUT2D eigenvalue weighted by Crippen LogP contribution is -2.44. The Morgan fingerprint density at radius 1 is 0.824 bits per heavy atom. The third kappa shape index (κ3) is 5.66. The van der Waals surface area contributed by atoms with E-state index in [0.29, 0.717) is 22.5 Å². The molecule has 0 aliphatic heterocycles. The fourth-order valence-corrected chi connectivity index (χ4v) is 3.34. The monoisotopic (exact) mass is 459 g/mol. The first kappa shape index (κ1) is 24.2. The van der Waals surface area contributed by atoms with Crippen molar-refractivity contribution in [1.82, 2.24) is 5.43 Å². The van der Waals surface area contributed by atoms with Gasteiger partial charge in [0.2, 0.25) is 11.8 Å². The van der Waals surface area contributed by atoms with E-state index in [-0.39, 0.29) is 5.78 Å². The van der Waals surface area contributed by atoms with Crippen molar-refractivity contribution in [2.45, 2.75) is 18.8 Å². The molecule has 8 heteroatoms. The van der Waals surface area contributed by atoms with Crippen LogP contribution in [0.25, 0.3) is 0 Å². The molecule has 0 heterocycles. The van der Waals surface area contributed by atoms with Crippen molar-refractivity contribution in [3.63, 3.8) is 0 Å². The Kier molecular flexibility index (Phi) is 7.76. The average Bonchev–Trinajstić information content (AvgIpc) is 2.87. The van der Waals surface area contributed by atoms with Crippen LogP contribution in [-0.2, 0) is 24.5 Å². The Morgan fingerprint density at radius 2 is 1.44 bits per heavy atom. The van der Waals surface area contributed by atoms with Crippen LogP contribution in [0.2, 0.25) is 0 Å². The fraction of sp³-hybridized carbons (Fsp3) is 0.154. The maximum absolute atomic E-state index is 13.5. The first-order valence-electron chi connectivity index (χ1n) is 10.5. The van der Waals surface area contributed by atoms with E-state index in [1.807, 2.05) is 6.07 Å². The number of benzene rings is 3. The predicted molar refractivity (Wildman–Crippen MR) is 128 cm³/mol. The minimum atomic E-state index is -1.49. The Morgan fingerprint density at radius 3 is 2.09 bits per heavy atom. The lowest BCUT2D eigenvalue weighted by Gasteiger charge is -2.28. The van der Waals surface area contributed by atoms with Gasteiger partial charge in [0.15, 0.2) is 5.78 Å². The van der Waals surface area contributed by atoms with Crippen molar-refractivity contribution in [2.75, 3.05) is 17.9 Å². The molecule has 0 saturated carbocycles. The van der Waals surface area contributed by atoms with Gasteiger partial charge in [-0.2, -0.15) is 0 Å². The van der Waals surface area contributed by atoms with E-state index < -0.39 is 29.6 Å². The Labute approximate surface area is 197 Å². The molecule has 0 bridgehead atoms. The van der Waals surface area contributed by atoms with E-state index in [1.165, 1.54) is 7.11 Å². The van der Waals surface area contributed by atoms with Gasteiger partial charge < -0.3 is 10.1 Å². The molecule has 1 unspecified atom stereocenters. The molecule has 8 nitrogen and oxygen atoms in total. The predicted octanol–water partition coefficient (Wildman–Crippen LogP) is 3.47. The van der Waals surface area contributed by atoms with Crippen molar-refractivity contribution in [2.24, 2.45) is 0 Å². The number of ether oxygens (including phenoxy) is 1. The summed E-state index contributed by atoms with van der Waals surface area (Å²) < 4.78 is 4.45. The molecule has 0 aromatic heterocycles. The second-order valence-corrected chi connectivity index (χ2v) is 7.65. The standard InChI is InChI=1S/C26H25N3O5/c1-26(19-12-7-4-8-13-19,24(32)18-10-5-3-6-11-18)25(33)27-20-14-9-15-21(16-20)28-29-22(30)17-23(31)34-2/h3-16,28H,17H2,1-2H3,(H,27,33)(H,29,30). The molecule has 0 aliphatic rings. The summed E-state index contributed by atoms with van der Waals surface area (Å²) >= 11 is 0. The maximum atomic E-state index is 13.5. The molecule has 0 aliphatic carbocycles. The number of nitrogens with one attached hydrogen (secondary N) is 3. The van der Waals surface area contributed by atoms with Gasteiger partial charge in [0.25, 0.3) is 0 Å². The number of Topliss-reactive ketones (excluding diaryl/α,β-unsaturated/α-hetero) is 1. The number of amides is 2. The minimum Gasteiger partial charge on any atom is -0.469 e. The molecule has 3 aromatic rings. The molecule has 3 N–H and O–H groups in total. The first-order valence-corrected chi connectivity index (χ1v) is 10.5. The normalized spacial score (nSPS) is 12.1. The molecule has 1 atom stereocenters. The summed E-state index contributed by atoms with van der Waals surface area (Å²) in [4.78, 5) is 50.0. The number of rotatable bonds is 9. The molecule has 0 saturated heterocycles. The van der Waals surface area contributed by atoms with E-state index in [9.17, 15) is 19.2 Å². The Hall–Kier alpha value is -4.46. The zero-order valence-corrected chi connectivity index (χ0v) is 18.8. The smallest absolute Gasteiger partial charge is 0.315 e. The highest BCUT2D eigenvalue weighted by molar-refractivity contribution is 6.21. The zero-order valence-electron chi connectivity index (χ0n) is 18.8. The molecule has 0 radical (unpaired) electrons. The second-order valence-electron chi connectivity index (χ2n) is 7.65. The van der Waals surface area contributed by atoms with Gasteiger partial charge in [-0.25, -0.2) is 0 Å². The number of ketones is 1. The van der Waals surface area contributed by atoms with Crippen LogP contribution >= 0.6 is 0 Å². The molecule has 3 rings (SSSR count). The molecular formula is C26H25N3O5. The lowest BCUT2D eigenvalue weighted by molar-refractivity contribution is -0.143. The summed E-state index contributed by atoms with van der Waals surface area (Å²) in [6.45, 7) is 1.60. The van der Waals surface area contributed by atoms with Gasteiger partial charge in [0, 0.05) is 11.3 Å². The number of hydrazine groups is 1. The van der Waals surface area contributed by atoms with Crippen molar-refractivity contribution in [3.05, 3.63) is 96.1 Å². The molecular weight excluding hydrogens is 434 g/mol. The van der Waals surface area contributed by atoms with Gasteiger partial charge in [0.05, 0.1) is 12.8 Å². The van der Waals surface area contributed by atoms with Crippen LogP contribution in [0, 0.1) is 0 Å². The van der Waals surface area contributed by atoms with Crippen LogP contribution in [0.3, 0.4) is 0 Å². The number of anilines is 2. The minimum absolute atomic E-state index is 0.332. The highest BCUT2D eigenvalue weighted by Gasteiger charge is 2.43. The topological polar surface area (TPSA) is 114 Å². The number of methoxy groups -OCH3 is 1. The fourth-order valence-electron chi connectivity index (χ4n) is 3.34. The van der Waals surface area contributed by atoms with Crippen LogP contribution in [-0.4, -0.2) is 30.7 Å². The molecule has 34 heavy (non-hydrogen) atoms. The van der Waals surface area contributed by atoms with Crippen LogP contribution < -0.4 is 16.2 Å². The second kappa shape index (κ2) is 10.9. The van der Waals surface area contributed by atoms with Gasteiger partial charge in [-0.05, 0) is 30.7 Å². The lowest BCUT2D eigenvalue weighted by atomic mass is 9.75. The highest BCUT2D eigenvalue weighted by Crippen LogP contribution is 2.30. The highest BCUT2D eigenvalue weighted by atomic mass is 16.5. The van der Waals surface area contributed by atoms with E-state index in [2.05, 4.69) is 20.9 Å². The van der Waals surface area contributed by atoms with Gasteiger partial charge in [-0.15, -0.1) is 0 Å². The number of hydrogen-bond acceptors (Lipinski definition) is 6. The van der Waals surface area contributed by atoms with E-state index in [4.69, 9.17) is 0 Å². The third-order valence-electron chi connectivity index (χ3n) is 5.29.